The Kier molecular flexibility index (Phi) is 3.26. The van der Waals surface area contributed by atoms with Gasteiger partial charge in [-0.05, 0) is 39.3 Å². The fourth-order valence-corrected chi connectivity index (χ4v) is 2.63. The third-order valence-corrected chi connectivity index (χ3v) is 3.52. The Hall–Kier alpha value is -0.610. The second-order valence-corrected chi connectivity index (χ2v) is 4.76. The first-order valence-corrected chi connectivity index (χ1v) is 5.97. The molecule has 0 bridgehead atoms. The summed E-state index contributed by atoms with van der Waals surface area (Å²) in [5.74, 6) is 0.108. The second kappa shape index (κ2) is 4.49. The molecule has 0 saturated carbocycles. The van der Waals surface area contributed by atoms with Crippen LogP contribution in [0.4, 0.5) is 0 Å². The second-order valence-electron chi connectivity index (χ2n) is 4.76. The highest BCUT2D eigenvalue weighted by molar-refractivity contribution is 5.81. The zero-order chi connectivity index (χ0) is 10.8. The third-order valence-electron chi connectivity index (χ3n) is 3.52. The number of hydrogen-bond acceptors (Lipinski definition) is 3. The average Bonchev–Trinajstić information content (AvgIpc) is 2.86. The smallest absolute Gasteiger partial charge is 0.239 e. The van der Waals surface area contributed by atoms with Crippen LogP contribution >= 0.6 is 0 Å². The molecular formula is C11H21N3O. The summed E-state index contributed by atoms with van der Waals surface area (Å²) in [4.78, 5) is 16.1. The lowest BCUT2D eigenvalue weighted by Gasteiger charge is -2.24. The molecule has 2 fully saturated rings. The molecule has 1 amide bonds. The van der Waals surface area contributed by atoms with E-state index >= 15 is 0 Å². The maximum absolute atomic E-state index is 11.7. The molecule has 86 valence electrons. The van der Waals surface area contributed by atoms with Gasteiger partial charge in [0.1, 0.15) is 0 Å². The molecule has 2 atom stereocenters. The van der Waals surface area contributed by atoms with Gasteiger partial charge in [0.15, 0.2) is 0 Å². The number of likely N-dealkylation sites (tertiary alicyclic amines) is 2. The molecule has 2 N–H and O–H groups in total. The monoisotopic (exact) mass is 211 g/mol. The Morgan fingerprint density at radius 1 is 1.33 bits per heavy atom. The van der Waals surface area contributed by atoms with E-state index < -0.39 is 0 Å². The van der Waals surface area contributed by atoms with E-state index in [1.54, 1.807) is 6.92 Å². The summed E-state index contributed by atoms with van der Waals surface area (Å²) in [6.45, 7) is 5.98. The number of amides is 1. The van der Waals surface area contributed by atoms with Gasteiger partial charge in [0, 0.05) is 19.1 Å². The van der Waals surface area contributed by atoms with E-state index in [2.05, 4.69) is 4.90 Å². The van der Waals surface area contributed by atoms with Crippen LogP contribution in [-0.4, -0.2) is 54.0 Å². The van der Waals surface area contributed by atoms with E-state index in [0.717, 1.165) is 19.5 Å². The standard InChI is InChI=1S/C11H21N3O/c1-9(12)11(15)14-7-4-10(8-14)13-5-2-3-6-13/h9-10H,2-8,12H2,1H3/t9-,10?/m0/s1. The van der Waals surface area contributed by atoms with Crippen molar-refractivity contribution in [2.24, 2.45) is 5.73 Å². The van der Waals surface area contributed by atoms with Crippen LogP contribution in [0.1, 0.15) is 26.2 Å². The van der Waals surface area contributed by atoms with E-state index in [1.165, 1.54) is 25.9 Å². The summed E-state index contributed by atoms with van der Waals surface area (Å²) in [6, 6.07) is 0.248. The lowest BCUT2D eigenvalue weighted by atomic mass is 10.2. The van der Waals surface area contributed by atoms with Crippen molar-refractivity contribution >= 4 is 5.91 Å². The van der Waals surface area contributed by atoms with Crippen molar-refractivity contribution in [3.05, 3.63) is 0 Å². The molecule has 4 heteroatoms. The van der Waals surface area contributed by atoms with Crippen LogP contribution in [0.2, 0.25) is 0 Å². The highest BCUT2D eigenvalue weighted by Gasteiger charge is 2.32. The van der Waals surface area contributed by atoms with Crippen molar-refractivity contribution in [1.82, 2.24) is 9.80 Å². The number of hydrogen-bond donors (Lipinski definition) is 1. The molecule has 2 aliphatic rings. The Labute approximate surface area is 91.4 Å². The lowest BCUT2D eigenvalue weighted by molar-refractivity contribution is -0.131. The third kappa shape index (κ3) is 2.32. The molecular weight excluding hydrogens is 190 g/mol. The number of rotatable bonds is 2. The minimum Gasteiger partial charge on any atom is -0.340 e. The van der Waals surface area contributed by atoms with Gasteiger partial charge in [-0.25, -0.2) is 0 Å². The van der Waals surface area contributed by atoms with Gasteiger partial charge in [-0.2, -0.15) is 0 Å². The number of carbonyl (C=O) groups is 1. The first-order valence-electron chi connectivity index (χ1n) is 5.97. The van der Waals surface area contributed by atoms with E-state index in [-0.39, 0.29) is 11.9 Å². The normalized spacial score (nSPS) is 29.7. The van der Waals surface area contributed by atoms with Gasteiger partial charge in [0.25, 0.3) is 0 Å². The van der Waals surface area contributed by atoms with Crippen molar-refractivity contribution in [1.29, 1.82) is 0 Å². The van der Waals surface area contributed by atoms with Crippen LogP contribution < -0.4 is 5.73 Å². The van der Waals surface area contributed by atoms with Gasteiger partial charge in [-0.15, -0.1) is 0 Å². The van der Waals surface area contributed by atoms with Gasteiger partial charge in [0.05, 0.1) is 6.04 Å². The maximum Gasteiger partial charge on any atom is 0.239 e. The molecule has 2 aliphatic heterocycles. The summed E-state index contributed by atoms with van der Waals surface area (Å²) in [6.07, 6.45) is 3.76. The summed E-state index contributed by atoms with van der Waals surface area (Å²) >= 11 is 0. The van der Waals surface area contributed by atoms with Crippen LogP contribution in [0, 0.1) is 0 Å². The van der Waals surface area contributed by atoms with E-state index in [9.17, 15) is 4.79 Å². The van der Waals surface area contributed by atoms with Crippen LogP contribution in [0.25, 0.3) is 0 Å². The summed E-state index contributed by atoms with van der Waals surface area (Å²) < 4.78 is 0. The molecule has 0 aromatic heterocycles. The minimum absolute atomic E-state index is 0.108. The molecule has 0 aromatic carbocycles. The van der Waals surface area contributed by atoms with E-state index in [0.29, 0.717) is 6.04 Å². The Balaban J connectivity index is 1.86. The van der Waals surface area contributed by atoms with Crippen molar-refractivity contribution in [3.8, 4) is 0 Å². The lowest BCUT2D eigenvalue weighted by Crippen LogP contribution is -2.43. The van der Waals surface area contributed by atoms with Gasteiger partial charge in [-0.3, -0.25) is 9.69 Å². The molecule has 4 nitrogen and oxygen atoms in total. The molecule has 2 heterocycles. The van der Waals surface area contributed by atoms with Crippen molar-refractivity contribution in [2.45, 2.75) is 38.3 Å². The summed E-state index contributed by atoms with van der Waals surface area (Å²) in [7, 11) is 0. The first-order chi connectivity index (χ1) is 7.18. The Morgan fingerprint density at radius 3 is 2.60 bits per heavy atom. The fraction of sp³-hybridized carbons (Fsp3) is 0.909. The predicted octanol–water partition coefficient (Wildman–Crippen LogP) is 0.0303. The molecule has 15 heavy (non-hydrogen) atoms. The summed E-state index contributed by atoms with van der Waals surface area (Å²) in [5, 5.41) is 0. The SMILES string of the molecule is C[C@H](N)C(=O)N1CCC(N2CCCC2)C1. The van der Waals surface area contributed by atoms with Crippen molar-refractivity contribution in [2.75, 3.05) is 26.2 Å². The average molecular weight is 211 g/mol. The topological polar surface area (TPSA) is 49.6 Å². The molecule has 1 unspecified atom stereocenters. The van der Waals surface area contributed by atoms with Crippen LogP contribution in [-0.2, 0) is 4.79 Å². The number of nitrogens with zero attached hydrogens (tertiary/aromatic N) is 2. The van der Waals surface area contributed by atoms with Crippen LogP contribution in [0.15, 0.2) is 0 Å². The highest BCUT2D eigenvalue weighted by Crippen LogP contribution is 2.20. The highest BCUT2D eigenvalue weighted by atomic mass is 16.2. The number of carbonyl (C=O) groups excluding carboxylic acids is 1. The van der Waals surface area contributed by atoms with Crippen LogP contribution in [0.3, 0.4) is 0 Å². The first kappa shape index (κ1) is 10.9. The van der Waals surface area contributed by atoms with Gasteiger partial charge in [-0.1, -0.05) is 0 Å². The van der Waals surface area contributed by atoms with Gasteiger partial charge in [0.2, 0.25) is 5.91 Å². The molecule has 0 aromatic rings. The Morgan fingerprint density at radius 2 is 2.00 bits per heavy atom. The zero-order valence-electron chi connectivity index (χ0n) is 9.48. The molecule has 0 radical (unpaired) electrons. The van der Waals surface area contributed by atoms with Gasteiger partial charge < -0.3 is 10.6 Å². The quantitative estimate of drug-likeness (QED) is 0.701. The largest absolute Gasteiger partial charge is 0.340 e. The van der Waals surface area contributed by atoms with E-state index in [4.69, 9.17) is 5.73 Å². The molecule has 0 spiro atoms. The maximum atomic E-state index is 11.7. The molecule has 2 rings (SSSR count). The van der Waals surface area contributed by atoms with Crippen LogP contribution in [0.5, 0.6) is 0 Å². The molecule has 0 aliphatic carbocycles. The zero-order valence-corrected chi connectivity index (χ0v) is 9.48. The Bertz CT molecular complexity index is 236. The fourth-order valence-electron chi connectivity index (χ4n) is 2.63. The predicted molar refractivity (Wildman–Crippen MR) is 59.4 cm³/mol. The molecule has 2 saturated heterocycles. The summed E-state index contributed by atoms with van der Waals surface area (Å²) in [5.41, 5.74) is 5.61. The van der Waals surface area contributed by atoms with E-state index in [1.807, 2.05) is 4.90 Å². The van der Waals surface area contributed by atoms with Crippen molar-refractivity contribution < 1.29 is 4.79 Å². The van der Waals surface area contributed by atoms with Crippen molar-refractivity contribution in [3.63, 3.8) is 0 Å². The van der Waals surface area contributed by atoms with Gasteiger partial charge >= 0.3 is 0 Å². The minimum atomic E-state index is -0.345. The number of nitrogens with two attached hydrogens (primary N) is 1.